The van der Waals surface area contributed by atoms with Gasteiger partial charge >= 0.3 is 5.97 Å². The number of hydrogen-bond acceptors (Lipinski definition) is 3. The van der Waals surface area contributed by atoms with Crippen LogP contribution in [0.15, 0.2) is 0 Å². The van der Waals surface area contributed by atoms with E-state index in [1.165, 1.54) is 0 Å². The summed E-state index contributed by atoms with van der Waals surface area (Å²) >= 11 is 0. The van der Waals surface area contributed by atoms with Gasteiger partial charge in [-0.3, -0.25) is 4.79 Å². The van der Waals surface area contributed by atoms with Gasteiger partial charge in [-0.25, -0.2) is 0 Å². The molecular formula is C14H22O4. The summed E-state index contributed by atoms with van der Waals surface area (Å²) in [7, 11) is 0. The third kappa shape index (κ3) is 2.16. The van der Waals surface area contributed by atoms with E-state index < -0.39 is 5.97 Å². The van der Waals surface area contributed by atoms with Crippen molar-refractivity contribution in [2.24, 2.45) is 17.8 Å². The SMILES string of the molecule is O=C(O)C1CCC1C1CCOC2(CCOCC2)C1. The molecule has 1 saturated carbocycles. The summed E-state index contributed by atoms with van der Waals surface area (Å²) in [5, 5.41) is 9.18. The Labute approximate surface area is 108 Å². The van der Waals surface area contributed by atoms with Gasteiger partial charge < -0.3 is 14.6 Å². The highest BCUT2D eigenvalue weighted by Gasteiger charge is 2.47. The minimum atomic E-state index is -0.598. The lowest BCUT2D eigenvalue weighted by molar-refractivity contribution is -0.169. The Morgan fingerprint density at radius 2 is 1.89 bits per heavy atom. The molecule has 1 aliphatic carbocycles. The quantitative estimate of drug-likeness (QED) is 0.819. The molecule has 1 spiro atoms. The minimum Gasteiger partial charge on any atom is -0.481 e. The monoisotopic (exact) mass is 254 g/mol. The van der Waals surface area contributed by atoms with Crippen LogP contribution in [0, 0.1) is 17.8 Å². The van der Waals surface area contributed by atoms with Crippen molar-refractivity contribution in [1.82, 2.24) is 0 Å². The first-order valence-electron chi connectivity index (χ1n) is 7.15. The molecule has 3 unspecified atom stereocenters. The average Bonchev–Trinajstić information content (AvgIpc) is 2.27. The summed E-state index contributed by atoms with van der Waals surface area (Å²) in [6.45, 7) is 2.38. The van der Waals surface area contributed by atoms with Crippen LogP contribution in [0.1, 0.15) is 38.5 Å². The molecule has 2 aliphatic heterocycles. The van der Waals surface area contributed by atoms with E-state index in [0.717, 1.165) is 58.3 Å². The number of rotatable bonds is 2. The van der Waals surface area contributed by atoms with Crippen LogP contribution in [0.4, 0.5) is 0 Å². The van der Waals surface area contributed by atoms with Crippen LogP contribution >= 0.6 is 0 Å². The first kappa shape index (κ1) is 12.4. The Balaban J connectivity index is 1.65. The Morgan fingerprint density at radius 3 is 2.50 bits per heavy atom. The highest BCUT2D eigenvalue weighted by molar-refractivity contribution is 5.71. The van der Waals surface area contributed by atoms with Crippen LogP contribution < -0.4 is 0 Å². The van der Waals surface area contributed by atoms with Crippen LogP contribution in [0.3, 0.4) is 0 Å². The van der Waals surface area contributed by atoms with Crippen molar-refractivity contribution < 1.29 is 19.4 Å². The lowest BCUT2D eigenvalue weighted by Gasteiger charge is -2.48. The minimum absolute atomic E-state index is 0.000188. The molecule has 0 radical (unpaired) electrons. The Bertz CT molecular complexity index is 316. The number of aliphatic carboxylic acids is 1. The molecule has 3 aliphatic rings. The van der Waals surface area contributed by atoms with Crippen molar-refractivity contribution in [2.45, 2.75) is 44.1 Å². The van der Waals surface area contributed by atoms with E-state index in [0.29, 0.717) is 11.8 Å². The van der Waals surface area contributed by atoms with Crippen molar-refractivity contribution in [3.8, 4) is 0 Å². The second-order valence-electron chi connectivity index (χ2n) is 6.08. The number of carbonyl (C=O) groups is 1. The summed E-state index contributed by atoms with van der Waals surface area (Å²) < 4.78 is 11.4. The first-order chi connectivity index (χ1) is 8.70. The second-order valence-corrected chi connectivity index (χ2v) is 6.08. The van der Waals surface area contributed by atoms with E-state index >= 15 is 0 Å². The van der Waals surface area contributed by atoms with Gasteiger partial charge in [-0.15, -0.1) is 0 Å². The number of carboxylic acids is 1. The molecule has 18 heavy (non-hydrogen) atoms. The fourth-order valence-corrected chi connectivity index (χ4v) is 3.92. The molecule has 0 aromatic rings. The van der Waals surface area contributed by atoms with E-state index in [-0.39, 0.29) is 11.5 Å². The summed E-state index contributed by atoms with van der Waals surface area (Å²) in [6.07, 6.45) is 6.01. The van der Waals surface area contributed by atoms with Gasteiger partial charge in [0.2, 0.25) is 0 Å². The Morgan fingerprint density at radius 1 is 1.11 bits per heavy atom. The summed E-state index contributed by atoms with van der Waals surface area (Å²) in [5.41, 5.74) is -0.000188. The predicted octanol–water partition coefficient (Wildman–Crippen LogP) is 2.07. The Hall–Kier alpha value is -0.610. The van der Waals surface area contributed by atoms with E-state index in [9.17, 15) is 9.90 Å². The number of ether oxygens (including phenoxy) is 2. The van der Waals surface area contributed by atoms with Gasteiger partial charge in [-0.2, -0.15) is 0 Å². The maximum Gasteiger partial charge on any atom is 0.306 e. The molecule has 102 valence electrons. The van der Waals surface area contributed by atoms with Gasteiger partial charge in [-0.05, 0) is 50.4 Å². The maximum atomic E-state index is 11.2. The van der Waals surface area contributed by atoms with E-state index in [2.05, 4.69) is 0 Å². The van der Waals surface area contributed by atoms with Crippen molar-refractivity contribution in [3.05, 3.63) is 0 Å². The smallest absolute Gasteiger partial charge is 0.306 e. The van der Waals surface area contributed by atoms with Crippen LogP contribution in [0.5, 0.6) is 0 Å². The lowest BCUT2D eigenvalue weighted by atomic mass is 9.62. The van der Waals surface area contributed by atoms with Crippen LogP contribution in [-0.4, -0.2) is 36.5 Å². The van der Waals surface area contributed by atoms with Crippen LogP contribution in [0.2, 0.25) is 0 Å². The molecule has 2 heterocycles. The molecule has 0 aromatic heterocycles. The molecule has 4 nitrogen and oxygen atoms in total. The zero-order valence-electron chi connectivity index (χ0n) is 10.8. The summed E-state index contributed by atoms with van der Waals surface area (Å²) in [6, 6.07) is 0. The Kier molecular flexibility index (Phi) is 3.32. The van der Waals surface area contributed by atoms with Gasteiger partial charge in [0, 0.05) is 19.8 Å². The third-order valence-corrected chi connectivity index (χ3v) is 5.19. The van der Waals surface area contributed by atoms with Gasteiger partial charge in [0.15, 0.2) is 0 Å². The molecule has 3 fully saturated rings. The average molecular weight is 254 g/mol. The van der Waals surface area contributed by atoms with Gasteiger partial charge in [-0.1, -0.05) is 0 Å². The van der Waals surface area contributed by atoms with E-state index in [1.54, 1.807) is 0 Å². The highest BCUT2D eigenvalue weighted by Crippen LogP contribution is 2.48. The van der Waals surface area contributed by atoms with Crippen LogP contribution in [0.25, 0.3) is 0 Å². The van der Waals surface area contributed by atoms with E-state index in [1.807, 2.05) is 0 Å². The fraction of sp³-hybridized carbons (Fsp3) is 0.929. The van der Waals surface area contributed by atoms with Crippen molar-refractivity contribution in [3.63, 3.8) is 0 Å². The van der Waals surface area contributed by atoms with Crippen molar-refractivity contribution in [1.29, 1.82) is 0 Å². The molecular weight excluding hydrogens is 232 g/mol. The van der Waals surface area contributed by atoms with Crippen molar-refractivity contribution >= 4 is 5.97 Å². The molecule has 1 N–H and O–H groups in total. The summed E-state index contributed by atoms with van der Waals surface area (Å²) in [4.78, 5) is 11.2. The maximum absolute atomic E-state index is 11.2. The highest BCUT2D eigenvalue weighted by atomic mass is 16.5. The molecule has 4 heteroatoms. The van der Waals surface area contributed by atoms with E-state index in [4.69, 9.17) is 9.47 Å². The molecule has 0 aromatic carbocycles. The molecule has 0 bridgehead atoms. The number of carboxylic acid groups (broad SMARTS) is 1. The zero-order chi connectivity index (χ0) is 12.6. The summed E-state index contributed by atoms with van der Waals surface area (Å²) in [5.74, 6) is 0.251. The van der Waals surface area contributed by atoms with Gasteiger partial charge in [0.05, 0.1) is 11.5 Å². The number of hydrogen-bond donors (Lipinski definition) is 1. The molecule has 2 saturated heterocycles. The molecule has 0 amide bonds. The standard InChI is InChI=1S/C14H22O4/c15-13(16)12-2-1-11(12)10-3-6-18-14(9-10)4-7-17-8-5-14/h10-12H,1-9H2,(H,15,16). The van der Waals surface area contributed by atoms with Gasteiger partial charge in [0.1, 0.15) is 0 Å². The topological polar surface area (TPSA) is 55.8 Å². The van der Waals surface area contributed by atoms with Crippen molar-refractivity contribution in [2.75, 3.05) is 19.8 Å². The predicted molar refractivity (Wildman–Crippen MR) is 65.3 cm³/mol. The largest absolute Gasteiger partial charge is 0.481 e. The lowest BCUT2D eigenvalue weighted by Crippen LogP contribution is -2.48. The normalized spacial score (nSPS) is 39.2. The van der Waals surface area contributed by atoms with Crippen LogP contribution in [-0.2, 0) is 14.3 Å². The third-order valence-electron chi connectivity index (χ3n) is 5.19. The molecule has 3 rings (SSSR count). The zero-order valence-corrected chi connectivity index (χ0v) is 10.8. The first-order valence-corrected chi connectivity index (χ1v) is 7.15. The second kappa shape index (κ2) is 4.82. The van der Waals surface area contributed by atoms with Gasteiger partial charge in [0.25, 0.3) is 0 Å². The molecule has 3 atom stereocenters. The fourth-order valence-electron chi connectivity index (χ4n) is 3.92.